The van der Waals surface area contributed by atoms with Crippen LogP contribution in [0.1, 0.15) is 43.4 Å². The van der Waals surface area contributed by atoms with Crippen LogP contribution in [0.5, 0.6) is 11.5 Å². The van der Waals surface area contributed by atoms with Gasteiger partial charge < -0.3 is 14.8 Å². The standard InChI is InChI=1S/C16H23NO3/c1-10-8-14(19-3)15(20-4)9-13(10)11(2)17-16(18)12-6-5-7-12/h8-9,11-12H,5-7H2,1-4H3,(H,17,18)/t11-/m1/s1. The van der Waals surface area contributed by atoms with Crippen LogP contribution in [-0.4, -0.2) is 20.1 Å². The number of nitrogens with one attached hydrogen (secondary N) is 1. The van der Waals surface area contributed by atoms with Crippen molar-refractivity contribution in [1.29, 1.82) is 0 Å². The minimum atomic E-state index is -0.0251. The smallest absolute Gasteiger partial charge is 0.223 e. The first-order valence-corrected chi connectivity index (χ1v) is 7.09. The summed E-state index contributed by atoms with van der Waals surface area (Å²) in [6.45, 7) is 4.02. The number of hydrogen-bond donors (Lipinski definition) is 1. The first-order chi connectivity index (χ1) is 9.56. The third kappa shape index (κ3) is 2.89. The van der Waals surface area contributed by atoms with E-state index in [1.807, 2.05) is 26.0 Å². The topological polar surface area (TPSA) is 47.6 Å². The van der Waals surface area contributed by atoms with Crippen molar-refractivity contribution in [2.24, 2.45) is 5.92 Å². The fourth-order valence-corrected chi connectivity index (χ4v) is 2.54. The summed E-state index contributed by atoms with van der Waals surface area (Å²) in [5.74, 6) is 1.78. The highest BCUT2D eigenvalue weighted by Crippen LogP contribution is 2.33. The second-order valence-electron chi connectivity index (χ2n) is 5.42. The molecule has 1 amide bonds. The Kier molecular flexibility index (Phi) is 4.53. The van der Waals surface area contributed by atoms with Crippen molar-refractivity contribution in [2.45, 2.75) is 39.2 Å². The molecular formula is C16H23NO3. The monoisotopic (exact) mass is 277 g/mol. The Bertz CT molecular complexity index is 495. The van der Waals surface area contributed by atoms with Gasteiger partial charge in [0.2, 0.25) is 5.91 Å². The summed E-state index contributed by atoms with van der Waals surface area (Å²) in [5, 5.41) is 3.09. The Labute approximate surface area is 120 Å². The number of methoxy groups -OCH3 is 2. The van der Waals surface area contributed by atoms with E-state index in [-0.39, 0.29) is 17.9 Å². The number of rotatable bonds is 5. The average molecular weight is 277 g/mol. The zero-order chi connectivity index (χ0) is 14.7. The van der Waals surface area contributed by atoms with Gasteiger partial charge in [0.25, 0.3) is 0 Å². The lowest BCUT2D eigenvalue weighted by molar-refractivity contribution is -0.128. The van der Waals surface area contributed by atoms with Crippen LogP contribution in [0.4, 0.5) is 0 Å². The number of hydrogen-bond acceptors (Lipinski definition) is 3. The van der Waals surface area contributed by atoms with Crippen LogP contribution in [0.3, 0.4) is 0 Å². The molecule has 20 heavy (non-hydrogen) atoms. The van der Waals surface area contributed by atoms with E-state index in [0.717, 1.165) is 24.0 Å². The van der Waals surface area contributed by atoms with Crippen LogP contribution >= 0.6 is 0 Å². The van der Waals surface area contributed by atoms with Crippen LogP contribution in [0, 0.1) is 12.8 Å². The van der Waals surface area contributed by atoms with E-state index >= 15 is 0 Å². The predicted molar refractivity (Wildman–Crippen MR) is 78.2 cm³/mol. The molecule has 1 N–H and O–H groups in total. The lowest BCUT2D eigenvalue weighted by Crippen LogP contribution is -2.36. The van der Waals surface area contributed by atoms with Crippen molar-refractivity contribution < 1.29 is 14.3 Å². The van der Waals surface area contributed by atoms with Crippen LogP contribution in [0.2, 0.25) is 0 Å². The van der Waals surface area contributed by atoms with Crippen LogP contribution in [0.25, 0.3) is 0 Å². The van der Waals surface area contributed by atoms with E-state index < -0.39 is 0 Å². The average Bonchev–Trinajstić information content (AvgIpc) is 2.35. The maximum Gasteiger partial charge on any atom is 0.223 e. The van der Waals surface area contributed by atoms with Crippen molar-refractivity contribution in [3.63, 3.8) is 0 Å². The molecule has 1 atom stereocenters. The Hall–Kier alpha value is -1.71. The Morgan fingerprint density at radius 2 is 1.85 bits per heavy atom. The maximum absolute atomic E-state index is 12.0. The second-order valence-corrected chi connectivity index (χ2v) is 5.42. The predicted octanol–water partition coefficient (Wildman–Crippen LogP) is 2.99. The highest BCUT2D eigenvalue weighted by atomic mass is 16.5. The number of carbonyl (C=O) groups excluding carboxylic acids is 1. The van der Waals surface area contributed by atoms with Gasteiger partial charge in [-0.3, -0.25) is 4.79 Å². The zero-order valence-electron chi connectivity index (χ0n) is 12.7. The second kappa shape index (κ2) is 6.16. The zero-order valence-corrected chi connectivity index (χ0v) is 12.7. The normalized spacial score (nSPS) is 16.2. The lowest BCUT2D eigenvalue weighted by atomic mass is 9.84. The van der Waals surface area contributed by atoms with Gasteiger partial charge in [-0.15, -0.1) is 0 Å². The maximum atomic E-state index is 12.0. The molecule has 0 bridgehead atoms. The molecule has 1 aliphatic rings. The fourth-order valence-electron chi connectivity index (χ4n) is 2.54. The van der Waals surface area contributed by atoms with Gasteiger partial charge >= 0.3 is 0 Å². The van der Waals surface area contributed by atoms with E-state index in [9.17, 15) is 4.79 Å². The van der Waals surface area contributed by atoms with Gasteiger partial charge in [0.1, 0.15) is 0 Å². The van der Waals surface area contributed by atoms with Crippen LogP contribution < -0.4 is 14.8 Å². The third-order valence-corrected chi connectivity index (χ3v) is 4.07. The molecule has 0 unspecified atom stereocenters. The molecule has 2 rings (SSSR count). The minimum Gasteiger partial charge on any atom is -0.493 e. The Morgan fingerprint density at radius 1 is 1.25 bits per heavy atom. The highest BCUT2D eigenvalue weighted by Gasteiger charge is 2.26. The summed E-state index contributed by atoms with van der Waals surface area (Å²) in [5.41, 5.74) is 2.15. The number of benzene rings is 1. The Morgan fingerprint density at radius 3 is 2.35 bits per heavy atom. The van der Waals surface area contributed by atoms with Gasteiger partial charge in [0, 0.05) is 5.92 Å². The molecule has 1 saturated carbocycles. The molecule has 1 aliphatic carbocycles. The van der Waals surface area contributed by atoms with Crippen molar-refractivity contribution in [3.8, 4) is 11.5 Å². The van der Waals surface area contributed by atoms with E-state index in [4.69, 9.17) is 9.47 Å². The van der Waals surface area contributed by atoms with Crippen molar-refractivity contribution in [3.05, 3.63) is 23.3 Å². The molecular weight excluding hydrogens is 254 g/mol. The van der Waals surface area contributed by atoms with E-state index in [2.05, 4.69) is 5.32 Å². The summed E-state index contributed by atoms with van der Waals surface area (Å²) >= 11 is 0. The minimum absolute atomic E-state index is 0.0251. The summed E-state index contributed by atoms with van der Waals surface area (Å²) in [6, 6.07) is 3.86. The largest absolute Gasteiger partial charge is 0.493 e. The third-order valence-electron chi connectivity index (χ3n) is 4.07. The van der Waals surface area contributed by atoms with Crippen molar-refractivity contribution in [1.82, 2.24) is 5.32 Å². The number of ether oxygens (including phenoxy) is 2. The lowest BCUT2D eigenvalue weighted by Gasteiger charge is -2.27. The molecule has 1 fully saturated rings. The van der Waals surface area contributed by atoms with Gasteiger partial charge in [-0.25, -0.2) is 0 Å². The van der Waals surface area contributed by atoms with Gasteiger partial charge in [0.15, 0.2) is 11.5 Å². The Balaban J connectivity index is 2.15. The SMILES string of the molecule is COc1cc(C)c([C@@H](C)NC(=O)C2CCC2)cc1OC. The molecule has 0 aliphatic heterocycles. The molecule has 4 heteroatoms. The number of aryl methyl sites for hydroxylation is 1. The molecule has 0 aromatic heterocycles. The number of amides is 1. The van der Waals surface area contributed by atoms with Gasteiger partial charge in [0.05, 0.1) is 20.3 Å². The fraction of sp³-hybridized carbons (Fsp3) is 0.562. The summed E-state index contributed by atoms with van der Waals surface area (Å²) in [4.78, 5) is 12.0. The van der Waals surface area contributed by atoms with E-state index in [1.54, 1.807) is 14.2 Å². The van der Waals surface area contributed by atoms with Crippen molar-refractivity contribution >= 4 is 5.91 Å². The number of carbonyl (C=O) groups is 1. The quantitative estimate of drug-likeness (QED) is 0.900. The van der Waals surface area contributed by atoms with E-state index in [0.29, 0.717) is 11.5 Å². The molecule has 110 valence electrons. The first-order valence-electron chi connectivity index (χ1n) is 7.09. The van der Waals surface area contributed by atoms with Crippen LogP contribution in [-0.2, 0) is 4.79 Å². The molecule has 0 radical (unpaired) electrons. The summed E-state index contributed by atoms with van der Waals surface area (Å²) in [6.07, 6.45) is 3.20. The van der Waals surface area contributed by atoms with Crippen molar-refractivity contribution in [2.75, 3.05) is 14.2 Å². The molecule has 0 heterocycles. The van der Waals surface area contributed by atoms with E-state index in [1.165, 1.54) is 6.42 Å². The first kappa shape index (κ1) is 14.7. The summed E-state index contributed by atoms with van der Waals surface area (Å²) in [7, 11) is 3.24. The van der Waals surface area contributed by atoms with Crippen LogP contribution in [0.15, 0.2) is 12.1 Å². The van der Waals surface area contributed by atoms with Gasteiger partial charge in [-0.05, 0) is 49.9 Å². The molecule has 1 aromatic rings. The summed E-state index contributed by atoms with van der Waals surface area (Å²) < 4.78 is 10.6. The molecule has 1 aromatic carbocycles. The highest BCUT2D eigenvalue weighted by molar-refractivity contribution is 5.79. The molecule has 4 nitrogen and oxygen atoms in total. The molecule has 0 saturated heterocycles. The van der Waals surface area contributed by atoms with Gasteiger partial charge in [-0.2, -0.15) is 0 Å². The molecule has 0 spiro atoms. The van der Waals surface area contributed by atoms with Gasteiger partial charge in [-0.1, -0.05) is 6.42 Å².